The topological polar surface area (TPSA) is 202 Å². The summed E-state index contributed by atoms with van der Waals surface area (Å²) in [6, 6.07) is 11.3. The van der Waals surface area contributed by atoms with Crippen LogP contribution in [0.25, 0.3) is 0 Å². The number of nitrogens with zero attached hydrogens (tertiary/aromatic N) is 4. The van der Waals surface area contributed by atoms with Gasteiger partial charge in [0.2, 0.25) is 10.0 Å². The van der Waals surface area contributed by atoms with Gasteiger partial charge in [-0.15, -0.1) is 0 Å². The number of carboxylic acid groups (broad SMARTS) is 2. The first-order valence-electron chi connectivity index (χ1n) is 9.59. The average molecular weight is 496 g/mol. The molecule has 34 heavy (non-hydrogen) atoms. The van der Waals surface area contributed by atoms with Crippen molar-refractivity contribution in [2.24, 2.45) is 0 Å². The molecule has 2 aromatic carbocycles. The van der Waals surface area contributed by atoms with Gasteiger partial charge in [-0.25, -0.2) is 18.0 Å². The lowest BCUT2D eigenvalue weighted by Gasteiger charge is -2.33. The molecule has 1 saturated heterocycles. The molecule has 0 aliphatic carbocycles. The van der Waals surface area contributed by atoms with Crippen molar-refractivity contribution in [1.29, 1.82) is 0 Å². The summed E-state index contributed by atoms with van der Waals surface area (Å²) in [5, 5.41) is 36.6. The molecule has 1 aliphatic rings. The number of sulfonamides is 1. The summed E-state index contributed by atoms with van der Waals surface area (Å²) in [5.41, 5.74) is 0.454. The van der Waals surface area contributed by atoms with E-state index in [1.54, 1.807) is 18.2 Å². The Morgan fingerprint density at radius 2 is 1.38 bits per heavy atom. The molecule has 14 nitrogen and oxygen atoms in total. The van der Waals surface area contributed by atoms with E-state index in [1.165, 1.54) is 22.5 Å². The average Bonchev–Trinajstić information content (AvgIpc) is 2.80. The number of rotatable bonds is 6. The van der Waals surface area contributed by atoms with Crippen LogP contribution in [0.4, 0.5) is 11.4 Å². The highest BCUT2D eigenvalue weighted by molar-refractivity contribution is 7.89. The number of benzene rings is 2. The SMILES string of the molecule is O=C(O)C(=O)O.O=[N+]([O-])c1ccc(S(=O)(=O)N2CCN(Cc3ccccc3[N+](=O)[O-])CC2)cc1. The molecule has 0 unspecified atom stereocenters. The van der Waals surface area contributed by atoms with E-state index in [0.29, 0.717) is 25.2 Å². The van der Waals surface area contributed by atoms with Crippen molar-refractivity contribution in [3.63, 3.8) is 0 Å². The van der Waals surface area contributed by atoms with E-state index in [1.807, 2.05) is 4.90 Å². The molecule has 1 aliphatic heterocycles. The van der Waals surface area contributed by atoms with E-state index in [9.17, 15) is 28.6 Å². The molecule has 182 valence electrons. The van der Waals surface area contributed by atoms with Gasteiger partial charge in [0.05, 0.1) is 14.7 Å². The number of nitro benzene ring substituents is 2. The van der Waals surface area contributed by atoms with Crippen molar-refractivity contribution in [1.82, 2.24) is 9.21 Å². The summed E-state index contributed by atoms with van der Waals surface area (Å²) in [5.74, 6) is -3.65. The van der Waals surface area contributed by atoms with Gasteiger partial charge in [0.25, 0.3) is 11.4 Å². The fourth-order valence-electron chi connectivity index (χ4n) is 3.08. The van der Waals surface area contributed by atoms with Crippen molar-refractivity contribution in [2.45, 2.75) is 11.4 Å². The van der Waals surface area contributed by atoms with Crippen LogP contribution in [-0.2, 0) is 26.2 Å². The molecule has 2 aromatic rings. The highest BCUT2D eigenvalue weighted by atomic mass is 32.2. The molecule has 0 bridgehead atoms. The molecule has 1 fully saturated rings. The van der Waals surface area contributed by atoms with Crippen LogP contribution in [0.1, 0.15) is 5.56 Å². The number of hydrogen-bond donors (Lipinski definition) is 2. The first-order valence-corrected chi connectivity index (χ1v) is 11.0. The minimum atomic E-state index is -3.75. The second-order valence-electron chi connectivity index (χ2n) is 6.93. The lowest BCUT2D eigenvalue weighted by Crippen LogP contribution is -2.48. The maximum Gasteiger partial charge on any atom is 0.414 e. The molecule has 0 atom stereocenters. The summed E-state index contributed by atoms with van der Waals surface area (Å²) < 4.78 is 26.8. The molecule has 0 spiro atoms. The fraction of sp³-hybridized carbons (Fsp3) is 0.263. The standard InChI is InChI=1S/C17H18N4O6S.C2H2O4/c22-20(23)15-5-7-16(8-6-15)28(26,27)19-11-9-18(10-12-19)13-14-3-1-2-4-17(14)21(24)25;3-1(4)2(5)6/h1-8H,9-13H2;(H,3,4)(H,5,6). The molecule has 1 heterocycles. The van der Waals surface area contributed by atoms with Gasteiger partial charge in [-0.05, 0) is 12.1 Å². The Morgan fingerprint density at radius 1 is 0.853 bits per heavy atom. The van der Waals surface area contributed by atoms with Gasteiger partial charge in [-0.3, -0.25) is 25.1 Å². The summed E-state index contributed by atoms with van der Waals surface area (Å²) in [4.78, 5) is 41.0. The lowest BCUT2D eigenvalue weighted by molar-refractivity contribution is -0.385. The third-order valence-electron chi connectivity index (χ3n) is 4.78. The Morgan fingerprint density at radius 3 is 1.85 bits per heavy atom. The van der Waals surface area contributed by atoms with E-state index in [-0.39, 0.29) is 29.4 Å². The number of carboxylic acids is 2. The number of hydrogen-bond acceptors (Lipinski definition) is 9. The van der Waals surface area contributed by atoms with Gasteiger partial charge in [0.15, 0.2) is 0 Å². The van der Waals surface area contributed by atoms with Crippen LogP contribution >= 0.6 is 0 Å². The van der Waals surface area contributed by atoms with E-state index in [2.05, 4.69) is 0 Å². The molecule has 0 amide bonds. The molecular formula is C19H20N4O10S. The zero-order valence-electron chi connectivity index (χ0n) is 17.5. The Kier molecular flexibility index (Phi) is 8.71. The minimum Gasteiger partial charge on any atom is -0.473 e. The Labute approximate surface area is 193 Å². The van der Waals surface area contributed by atoms with Gasteiger partial charge in [-0.2, -0.15) is 4.31 Å². The Hall–Kier alpha value is -3.95. The summed E-state index contributed by atoms with van der Waals surface area (Å²) in [7, 11) is -3.75. The Balaban J connectivity index is 0.000000604. The lowest BCUT2D eigenvalue weighted by atomic mass is 10.1. The van der Waals surface area contributed by atoms with E-state index in [4.69, 9.17) is 19.8 Å². The predicted molar refractivity (Wildman–Crippen MR) is 116 cm³/mol. The predicted octanol–water partition coefficient (Wildman–Crippen LogP) is 1.17. The van der Waals surface area contributed by atoms with Crippen LogP contribution in [-0.4, -0.2) is 75.8 Å². The molecule has 0 radical (unpaired) electrons. The maximum absolute atomic E-state index is 12.7. The monoisotopic (exact) mass is 496 g/mol. The highest BCUT2D eigenvalue weighted by Crippen LogP contribution is 2.23. The fourth-order valence-corrected chi connectivity index (χ4v) is 4.50. The minimum absolute atomic E-state index is 0.00486. The number of carbonyl (C=O) groups is 2. The van der Waals surface area contributed by atoms with Gasteiger partial charge >= 0.3 is 11.9 Å². The van der Waals surface area contributed by atoms with Gasteiger partial charge in [0.1, 0.15) is 0 Å². The van der Waals surface area contributed by atoms with Crippen LogP contribution in [0.15, 0.2) is 53.4 Å². The largest absolute Gasteiger partial charge is 0.473 e. The van der Waals surface area contributed by atoms with Crippen molar-refractivity contribution in [3.8, 4) is 0 Å². The number of aliphatic carboxylic acids is 2. The van der Waals surface area contributed by atoms with Crippen LogP contribution in [0, 0.1) is 20.2 Å². The van der Waals surface area contributed by atoms with Crippen LogP contribution in [0.5, 0.6) is 0 Å². The smallest absolute Gasteiger partial charge is 0.414 e. The van der Waals surface area contributed by atoms with Crippen molar-refractivity contribution < 1.29 is 38.1 Å². The number of non-ortho nitro benzene ring substituents is 1. The van der Waals surface area contributed by atoms with E-state index >= 15 is 0 Å². The molecule has 2 N–H and O–H groups in total. The molecule has 0 saturated carbocycles. The summed E-state index contributed by atoms with van der Waals surface area (Å²) in [6.45, 7) is 1.69. The summed E-state index contributed by atoms with van der Waals surface area (Å²) in [6.07, 6.45) is 0. The van der Waals surface area contributed by atoms with E-state index < -0.39 is 31.8 Å². The van der Waals surface area contributed by atoms with Gasteiger partial charge in [0, 0.05) is 56.5 Å². The second-order valence-corrected chi connectivity index (χ2v) is 8.87. The van der Waals surface area contributed by atoms with Crippen LogP contribution in [0.2, 0.25) is 0 Å². The molecule has 3 rings (SSSR count). The third-order valence-corrected chi connectivity index (χ3v) is 6.69. The van der Waals surface area contributed by atoms with Gasteiger partial charge in [-0.1, -0.05) is 18.2 Å². The van der Waals surface area contributed by atoms with Crippen LogP contribution < -0.4 is 0 Å². The first-order chi connectivity index (χ1) is 15.9. The highest BCUT2D eigenvalue weighted by Gasteiger charge is 2.29. The normalized spacial score (nSPS) is 14.5. The number of para-hydroxylation sites is 1. The molecular weight excluding hydrogens is 476 g/mol. The first kappa shape index (κ1) is 26.3. The zero-order valence-corrected chi connectivity index (χ0v) is 18.3. The summed E-state index contributed by atoms with van der Waals surface area (Å²) >= 11 is 0. The second kappa shape index (κ2) is 11.3. The maximum atomic E-state index is 12.7. The van der Waals surface area contributed by atoms with E-state index in [0.717, 1.165) is 12.1 Å². The number of nitro groups is 2. The van der Waals surface area contributed by atoms with Crippen molar-refractivity contribution in [3.05, 3.63) is 74.3 Å². The van der Waals surface area contributed by atoms with Crippen LogP contribution in [0.3, 0.4) is 0 Å². The number of piperazine rings is 1. The third kappa shape index (κ3) is 6.77. The van der Waals surface area contributed by atoms with Crippen molar-refractivity contribution in [2.75, 3.05) is 26.2 Å². The zero-order chi connectivity index (χ0) is 25.5. The van der Waals surface area contributed by atoms with Crippen molar-refractivity contribution >= 4 is 33.3 Å². The quantitative estimate of drug-likeness (QED) is 0.330. The molecule has 0 aromatic heterocycles. The van der Waals surface area contributed by atoms with Gasteiger partial charge < -0.3 is 10.2 Å². The Bertz CT molecular complexity index is 1160. The molecule has 15 heteroatoms.